The minimum Gasteiger partial charge on any atom is -0.497 e. The fourth-order valence-electron chi connectivity index (χ4n) is 3.62. The fraction of sp³-hybridized carbons (Fsp3) is 0.350. The molecule has 1 aliphatic heterocycles. The second-order valence-electron chi connectivity index (χ2n) is 6.79. The van der Waals surface area contributed by atoms with Gasteiger partial charge >= 0.3 is 0 Å². The normalized spacial score (nSPS) is 17.3. The van der Waals surface area contributed by atoms with Gasteiger partial charge in [0.1, 0.15) is 5.75 Å². The topological polar surface area (TPSA) is 48.1 Å². The maximum atomic E-state index is 5.60. The summed E-state index contributed by atoms with van der Waals surface area (Å²) in [6.07, 6.45) is 2.31. The Morgan fingerprint density at radius 2 is 1.78 bits per heavy atom. The SMILES string of the molecule is COc1ccc([C@@H]2CCCN2Cn2nnn(Cc3ccccc3)c2=S)cc1. The summed E-state index contributed by atoms with van der Waals surface area (Å²) in [4.78, 5) is 2.42. The molecule has 0 spiro atoms. The van der Waals surface area contributed by atoms with E-state index in [0.29, 0.717) is 24.0 Å². The van der Waals surface area contributed by atoms with E-state index in [0.717, 1.165) is 24.3 Å². The Morgan fingerprint density at radius 3 is 2.52 bits per heavy atom. The van der Waals surface area contributed by atoms with Crippen LogP contribution in [0.3, 0.4) is 0 Å². The number of aromatic nitrogens is 4. The zero-order valence-corrected chi connectivity index (χ0v) is 16.2. The number of ether oxygens (including phenoxy) is 1. The summed E-state index contributed by atoms with van der Waals surface area (Å²) in [6.45, 7) is 2.33. The van der Waals surface area contributed by atoms with Crippen LogP contribution in [0.4, 0.5) is 0 Å². The number of nitrogens with zero attached hydrogens (tertiary/aromatic N) is 5. The van der Waals surface area contributed by atoms with E-state index in [1.165, 1.54) is 12.0 Å². The van der Waals surface area contributed by atoms with Crippen LogP contribution in [0.5, 0.6) is 5.75 Å². The smallest absolute Gasteiger partial charge is 0.217 e. The monoisotopic (exact) mass is 381 g/mol. The van der Waals surface area contributed by atoms with Gasteiger partial charge in [-0.2, -0.15) is 0 Å². The number of methoxy groups -OCH3 is 1. The highest BCUT2D eigenvalue weighted by Gasteiger charge is 2.26. The van der Waals surface area contributed by atoms with Gasteiger partial charge in [0.25, 0.3) is 0 Å². The molecule has 0 amide bonds. The predicted molar refractivity (Wildman–Crippen MR) is 106 cm³/mol. The van der Waals surface area contributed by atoms with E-state index in [1.54, 1.807) is 11.8 Å². The molecule has 0 saturated carbocycles. The largest absolute Gasteiger partial charge is 0.497 e. The van der Waals surface area contributed by atoms with Gasteiger partial charge < -0.3 is 4.74 Å². The number of tetrazole rings is 1. The van der Waals surface area contributed by atoms with Gasteiger partial charge in [-0.05, 0) is 58.7 Å². The Hall–Kier alpha value is -2.51. The van der Waals surface area contributed by atoms with E-state index in [4.69, 9.17) is 17.0 Å². The summed E-state index contributed by atoms with van der Waals surface area (Å²) < 4.78 is 9.52. The zero-order valence-electron chi connectivity index (χ0n) is 15.4. The van der Waals surface area contributed by atoms with Crippen molar-refractivity contribution in [3.8, 4) is 5.75 Å². The molecule has 140 valence electrons. The van der Waals surface area contributed by atoms with Crippen LogP contribution in [-0.2, 0) is 13.2 Å². The predicted octanol–water partition coefficient (Wildman–Crippen LogP) is 3.66. The molecule has 6 nitrogen and oxygen atoms in total. The van der Waals surface area contributed by atoms with Crippen molar-refractivity contribution in [2.45, 2.75) is 32.1 Å². The number of hydrogen-bond donors (Lipinski definition) is 0. The van der Waals surface area contributed by atoms with E-state index >= 15 is 0 Å². The highest BCUT2D eigenvalue weighted by Crippen LogP contribution is 2.32. The molecule has 0 radical (unpaired) electrons. The zero-order chi connectivity index (χ0) is 18.6. The molecule has 0 aliphatic carbocycles. The molecular weight excluding hydrogens is 358 g/mol. The van der Waals surface area contributed by atoms with Crippen LogP contribution in [0.15, 0.2) is 54.6 Å². The maximum absolute atomic E-state index is 5.60. The second-order valence-corrected chi connectivity index (χ2v) is 7.15. The quantitative estimate of drug-likeness (QED) is 0.610. The van der Waals surface area contributed by atoms with Crippen molar-refractivity contribution < 1.29 is 4.74 Å². The third-order valence-corrected chi connectivity index (χ3v) is 5.47. The molecule has 0 unspecified atom stereocenters. The molecule has 1 aliphatic rings. The standard InChI is InChI=1S/C20H23N5OS/c1-26-18-11-9-17(10-12-18)19-8-5-13-23(19)15-25-20(27)24(21-22-25)14-16-6-3-2-4-7-16/h2-4,6-7,9-12,19H,5,8,13-15H2,1H3/t19-/m0/s1. The minimum absolute atomic E-state index is 0.372. The van der Waals surface area contributed by atoms with Crippen LogP contribution in [0, 0.1) is 4.77 Å². The van der Waals surface area contributed by atoms with Crippen molar-refractivity contribution in [1.82, 2.24) is 24.7 Å². The summed E-state index contributed by atoms with van der Waals surface area (Å²) in [6, 6.07) is 18.9. The Kier molecular flexibility index (Phi) is 5.31. The summed E-state index contributed by atoms with van der Waals surface area (Å²) in [5, 5.41) is 8.55. The Balaban J connectivity index is 1.49. The summed E-state index contributed by atoms with van der Waals surface area (Å²) in [7, 11) is 1.69. The van der Waals surface area contributed by atoms with Crippen molar-refractivity contribution in [3.63, 3.8) is 0 Å². The number of rotatable bonds is 6. The van der Waals surface area contributed by atoms with Crippen molar-refractivity contribution in [3.05, 3.63) is 70.5 Å². The molecule has 1 aromatic heterocycles. The Bertz CT molecular complexity index is 935. The van der Waals surface area contributed by atoms with Gasteiger partial charge in [-0.3, -0.25) is 4.90 Å². The lowest BCUT2D eigenvalue weighted by molar-refractivity contribution is 0.188. The van der Waals surface area contributed by atoms with E-state index in [2.05, 4.69) is 39.6 Å². The molecule has 4 rings (SSSR count). The number of hydrogen-bond acceptors (Lipinski definition) is 5. The van der Waals surface area contributed by atoms with E-state index in [1.807, 2.05) is 35.0 Å². The van der Waals surface area contributed by atoms with Gasteiger partial charge in [0, 0.05) is 12.6 Å². The summed E-state index contributed by atoms with van der Waals surface area (Å²) in [5.41, 5.74) is 2.47. The van der Waals surface area contributed by atoms with Crippen LogP contribution >= 0.6 is 12.2 Å². The molecule has 2 heterocycles. The maximum Gasteiger partial charge on any atom is 0.217 e. The van der Waals surface area contributed by atoms with Crippen molar-refractivity contribution in [2.75, 3.05) is 13.7 Å². The molecule has 27 heavy (non-hydrogen) atoms. The lowest BCUT2D eigenvalue weighted by atomic mass is 10.0. The third kappa shape index (κ3) is 3.94. The first kappa shape index (κ1) is 17.9. The van der Waals surface area contributed by atoms with Gasteiger partial charge in [0.15, 0.2) is 0 Å². The minimum atomic E-state index is 0.372. The Labute approximate surface area is 164 Å². The molecule has 7 heteroatoms. The van der Waals surface area contributed by atoms with Crippen molar-refractivity contribution in [1.29, 1.82) is 0 Å². The molecule has 2 aromatic carbocycles. The first-order chi connectivity index (χ1) is 13.2. The lowest BCUT2D eigenvalue weighted by Crippen LogP contribution is -2.27. The van der Waals surface area contributed by atoms with Gasteiger partial charge in [0.05, 0.1) is 20.3 Å². The molecule has 1 atom stereocenters. The van der Waals surface area contributed by atoms with Gasteiger partial charge in [-0.15, -0.1) is 0 Å². The second kappa shape index (κ2) is 8.02. The molecule has 3 aromatic rings. The highest BCUT2D eigenvalue weighted by atomic mass is 32.1. The number of benzene rings is 2. The summed E-state index contributed by atoms with van der Waals surface area (Å²) >= 11 is 5.60. The van der Waals surface area contributed by atoms with Gasteiger partial charge in [0.2, 0.25) is 4.77 Å². The average molecular weight is 382 g/mol. The molecular formula is C20H23N5OS. The molecule has 0 N–H and O–H groups in total. The van der Waals surface area contributed by atoms with Crippen LogP contribution in [0.1, 0.15) is 30.0 Å². The first-order valence-electron chi connectivity index (χ1n) is 9.17. The first-order valence-corrected chi connectivity index (χ1v) is 9.58. The van der Waals surface area contributed by atoms with E-state index in [-0.39, 0.29) is 0 Å². The molecule has 1 fully saturated rings. The van der Waals surface area contributed by atoms with Crippen LogP contribution in [-0.4, -0.2) is 38.3 Å². The fourth-order valence-corrected chi connectivity index (χ4v) is 3.82. The van der Waals surface area contributed by atoms with Crippen molar-refractivity contribution >= 4 is 12.2 Å². The summed E-state index contributed by atoms with van der Waals surface area (Å²) in [5.74, 6) is 0.884. The van der Waals surface area contributed by atoms with Gasteiger partial charge in [-0.25, -0.2) is 9.36 Å². The lowest BCUT2D eigenvalue weighted by Gasteiger charge is -2.24. The molecule has 1 saturated heterocycles. The molecule has 0 bridgehead atoms. The van der Waals surface area contributed by atoms with E-state index in [9.17, 15) is 0 Å². The number of likely N-dealkylation sites (tertiary alicyclic amines) is 1. The van der Waals surface area contributed by atoms with Crippen LogP contribution in [0.25, 0.3) is 0 Å². The van der Waals surface area contributed by atoms with Crippen LogP contribution in [0.2, 0.25) is 0 Å². The van der Waals surface area contributed by atoms with E-state index < -0.39 is 0 Å². The average Bonchev–Trinajstić information content (AvgIpc) is 3.31. The van der Waals surface area contributed by atoms with Crippen molar-refractivity contribution in [2.24, 2.45) is 0 Å². The van der Waals surface area contributed by atoms with Crippen LogP contribution < -0.4 is 4.74 Å². The van der Waals surface area contributed by atoms with Gasteiger partial charge in [-0.1, -0.05) is 42.5 Å². The highest BCUT2D eigenvalue weighted by molar-refractivity contribution is 7.71. The Morgan fingerprint density at radius 1 is 1.04 bits per heavy atom. The third-order valence-electron chi connectivity index (χ3n) is 5.05.